The van der Waals surface area contributed by atoms with E-state index in [9.17, 15) is 13.6 Å². The number of benzene rings is 3. The summed E-state index contributed by atoms with van der Waals surface area (Å²) in [5, 5.41) is 14.6. The Balaban J connectivity index is 1.15. The van der Waals surface area contributed by atoms with Crippen LogP contribution in [-0.2, 0) is 4.74 Å². The predicted octanol–water partition coefficient (Wildman–Crippen LogP) is 6.13. The second kappa shape index (κ2) is 11.8. The van der Waals surface area contributed by atoms with Gasteiger partial charge in [0, 0.05) is 61.2 Å². The van der Waals surface area contributed by atoms with Crippen molar-refractivity contribution in [3.63, 3.8) is 0 Å². The Morgan fingerprint density at radius 1 is 0.955 bits per heavy atom. The lowest BCUT2D eigenvalue weighted by molar-refractivity contribution is 0.0904. The van der Waals surface area contributed by atoms with Gasteiger partial charge in [-0.15, -0.1) is 0 Å². The van der Waals surface area contributed by atoms with Gasteiger partial charge in [0.05, 0.1) is 11.1 Å². The molecule has 10 heteroatoms. The molecule has 0 spiro atoms. The average molecular weight is 601 g/mol. The molecule has 2 unspecified atom stereocenters. The van der Waals surface area contributed by atoms with E-state index >= 15 is 0 Å². The fourth-order valence-corrected chi connectivity index (χ4v) is 7.19. The molecule has 3 fully saturated rings. The van der Waals surface area contributed by atoms with Crippen molar-refractivity contribution < 1.29 is 18.3 Å². The SMILES string of the molecule is CN(C)C1CC2CN(c3ccc(C(=O)Nc4n[nH]c5ccc(-c6cc(F)cc(F)c6)cc45)c(NC4CCOCC4)c3)CC2C1. The van der Waals surface area contributed by atoms with Crippen LogP contribution >= 0.6 is 0 Å². The number of aromatic amines is 1. The summed E-state index contributed by atoms with van der Waals surface area (Å²) in [6.45, 7) is 3.46. The van der Waals surface area contributed by atoms with Gasteiger partial charge in [-0.2, -0.15) is 5.10 Å². The summed E-state index contributed by atoms with van der Waals surface area (Å²) in [4.78, 5) is 18.6. The number of ether oxygens (including phenoxy) is 1. The van der Waals surface area contributed by atoms with E-state index in [1.807, 2.05) is 12.1 Å². The standard InChI is InChI=1S/C34H38F2N6O2/c1-41(2)28-13-22-18-42(19-23(22)14-28)27-4-5-29(32(17-27)37-26-7-9-44-10-8-26)34(43)38-33-30-15-20(3-6-31(30)39-40-33)21-11-24(35)16-25(36)12-21/h3-6,11-12,15-17,22-23,26,28,37H,7-10,13-14,18-19H2,1-2H3,(H2,38,39,40,43). The Morgan fingerprint density at radius 3 is 2.39 bits per heavy atom. The third kappa shape index (κ3) is 5.76. The molecule has 3 heterocycles. The summed E-state index contributed by atoms with van der Waals surface area (Å²) in [6.07, 6.45) is 4.21. The summed E-state index contributed by atoms with van der Waals surface area (Å²) in [5.41, 5.74) is 4.19. The van der Waals surface area contributed by atoms with Crippen LogP contribution in [-0.4, -0.2) is 73.5 Å². The molecular weight excluding hydrogens is 562 g/mol. The van der Waals surface area contributed by atoms with Crippen LogP contribution in [0.3, 0.4) is 0 Å². The second-order valence-corrected chi connectivity index (χ2v) is 12.7. The largest absolute Gasteiger partial charge is 0.381 e. The topological polar surface area (TPSA) is 85.5 Å². The number of hydrogen-bond acceptors (Lipinski definition) is 6. The molecular formula is C34H38F2N6O2. The third-order valence-corrected chi connectivity index (χ3v) is 9.64. The van der Waals surface area contributed by atoms with Gasteiger partial charge in [0.25, 0.3) is 5.91 Å². The molecule has 2 saturated heterocycles. The van der Waals surface area contributed by atoms with E-state index in [0.29, 0.717) is 64.5 Å². The monoisotopic (exact) mass is 600 g/mol. The number of nitrogens with one attached hydrogen (secondary N) is 3. The Labute approximate surface area is 255 Å². The van der Waals surface area contributed by atoms with Crippen molar-refractivity contribution >= 4 is 34.0 Å². The number of H-pyrrole nitrogens is 1. The number of fused-ring (bicyclic) bond motifs is 2. The lowest BCUT2D eigenvalue weighted by atomic mass is 10.0. The number of amides is 1. The molecule has 0 radical (unpaired) electrons. The minimum absolute atomic E-state index is 0.213. The van der Waals surface area contributed by atoms with Gasteiger partial charge >= 0.3 is 0 Å². The number of hydrogen-bond donors (Lipinski definition) is 3. The van der Waals surface area contributed by atoms with Crippen LogP contribution in [0, 0.1) is 23.5 Å². The van der Waals surface area contributed by atoms with Crippen molar-refractivity contribution in [1.29, 1.82) is 0 Å². The molecule has 1 saturated carbocycles. The molecule has 7 rings (SSSR count). The first kappa shape index (κ1) is 28.7. The number of carbonyl (C=O) groups excluding carboxylic acids is 1. The minimum Gasteiger partial charge on any atom is -0.381 e. The van der Waals surface area contributed by atoms with Crippen molar-refractivity contribution in [2.24, 2.45) is 11.8 Å². The molecule has 230 valence electrons. The first-order valence-corrected chi connectivity index (χ1v) is 15.5. The molecule has 3 aromatic carbocycles. The number of anilines is 3. The summed E-state index contributed by atoms with van der Waals surface area (Å²) in [6, 6.07) is 15.7. The van der Waals surface area contributed by atoms with E-state index in [1.165, 1.54) is 25.0 Å². The molecule has 2 atom stereocenters. The van der Waals surface area contributed by atoms with Crippen molar-refractivity contribution in [1.82, 2.24) is 15.1 Å². The quantitative estimate of drug-likeness (QED) is 0.237. The Hall–Kier alpha value is -4.02. The summed E-state index contributed by atoms with van der Waals surface area (Å²) in [7, 11) is 4.36. The maximum absolute atomic E-state index is 13.9. The maximum atomic E-state index is 13.9. The minimum atomic E-state index is -0.649. The predicted molar refractivity (Wildman–Crippen MR) is 169 cm³/mol. The van der Waals surface area contributed by atoms with Crippen molar-refractivity contribution in [3.05, 3.63) is 71.8 Å². The molecule has 1 aromatic heterocycles. The van der Waals surface area contributed by atoms with E-state index in [2.05, 4.69) is 50.8 Å². The first-order valence-electron chi connectivity index (χ1n) is 15.5. The van der Waals surface area contributed by atoms with Crippen molar-refractivity contribution in [2.45, 2.75) is 37.8 Å². The molecule has 44 heavy (non-hydrogen) atoms. The Kier molecular flexibility index (Phi) is 7.72. The molecule has 3 aliphatic rings. The zero-order valence-corrected chi connectivity index (χ0v) is 25.1. The number of rotatable bonds is 7. The van der Waals surface area contributed by atoms with E-state index < -0.39 is 11.6 Å². The van der Waals surface area contributed by atoms with Gasteiger partial charge in [-0.05, 0) is 105 Å². The van der Waals surface area contributed by atoms with Crippen molar-refractivity contribution in [3.8, 4) is 11.1 Å². The van der Waals surface area contributed by atoms with E-state index in [1.54, 1.807) is 18.2 Å². The number of carbonyl (C=O) groups is 1. The molecule has 0 bridgehead atoms. The molecule has 3 N–H and O–H groups in total. The number of nitrogens with zero attached hydrogens (tertiary/aromatic N) is 3. The fraction of sp³-hybridized carbons (Fsp3) is 0.412. The zero-order chi connectivity index (χ0) is 30.4. The van der Waals surface area contributed by atoms with Crippen LogP contribution in [0.2, 0.25) is 0 Å². The third-order valence-electron chi connectivity index (χ3n) is 9.64. The van der Waals surface area contributed by atoms with Crippen LogP contribution < -0.4 is 15.5 Å². The molecule has 8 nitrogen and oxygen atoms in total. The van der Waals surface area contributed by atoms with Gasteiger partial charge < -0.3 is 25.2 Å². The van der Waals surface area contributed by atoms with Gasteiger partial charge in [0.2, 0.25) is 0 Å². The molecule has 1 amide bonds. The summed E-state index contributed by atoms with van der Waals surface area (Å²) in [5.74, 6) is 0.159. The van der Waals surface area contributed by atoms with Gasteiger partial charge in [-0.1, -0.05) is 6.07 Å². The van der Waals surface area contributed by atoms with Crippen molar-refractivity contribution in [2.75, 3.05) is 55.9 Å². The molecule has 4 aromatic rings. The highest BCUT2D eigenvalue weighted by Gasteiger charge is 2.41. The normalized spacial score (nSPS) is 22.1. The first-order chi connectivity index (χ1) is 21.3. The Bertz CT molecular complexity index is 1650. The maximum Gasteiger partial charge on any atom is 0.258 e. The lowest BCUT2D eigenvalue weighted by Gasteiger charge is -2.27. The van der Waals surface area contributed by atoms with Crippen LogP contribution in [0.1, 0.15) is 36.0 Å². The fourth-order valence-electron chi connectivity index (χ4n) is 7.19. The zero-order valence-electron chi connectivity index (χ0n) is 25.1. The highest BCUT2D eigenvalue weighted by Crippen LogP contribution is 2.42. The van der Waals surface area contributed by atoms with Gasteiger partial charge in [0.1, 0.15) is 11.6 Å². The van der Waals surface area contributed by atoms with Gasteiger partial charge in [-0.3, -0.25) is 9.89 Å². The average Bonchev–Trinajstić information content (AvgIpc) is 3.71. The van der Waals surface area contributed by atoms with Crippen LogP contribution in [0.25, 0.3) is 22.0 Å². The van der Waals surface area contributed by atoms with Crippen LogP contribution in [0.4, 0.5) is 26.0 Å². The number of aromatic nitrogens is 2. The highest BCUT2D eigenvalue weighted by molar-refractivity contribution is 6.11. The lowest BCUT2D eigenvalue weighted by Crippen LogP contribution is -2.30. The summed E-state index contributed by atoms with van der Waals surface area (Å²) < 4.78 is 33.4. The summed E-state index contributed by atoms with van der Waals surface area (Å²) >= 11 is 0. The molecule has 1 aliphatic carbocycles. The van der Waals surface area contributed by atoms with E-state index in [-0.39, 0.29) is 11.9 Å². The highest BCUT2D eigenvalue weighted by atomic mass is 19.1. The van der Waals surface area contributed by atoms with Crippen LogP contribution in [0.5, 0.6) is 0 Å². The van der Waals surface area contributed by atoms with Crippen LogP contribution in [0.15, 0.2) is 54.6 Å². The van der Waals surface area contributed by atoms with E-state index in [4.69, 9.17) is 4.74 Å². The second-order valence-electron chi connectivity index (χ2n) is 12.7. The smallest absolute Gasteiger partial charge is 0.258 e. The Morgan fingerprint density at radius 2 is 1.68 bits per heavy atom. The van der Waals surface area contributed by atoms with Gasteiger partial charge in [-0.25, -0.2) is 8.78 Å². The number of halogens is 2. The van der Waals surface area contributed by atoms with E-state index in [0.717, 1.165) is 43.4 Å². The molecule has 2 aliphatic heterocycles. The van der Waals surface area contributed by atoms with Gasteiger partial charge in [0.15, 0.2) is 5.82 Å².